The van der Waals surface area contributed by atoms with E-state index in [1.807, 2.05) is 26.1 Å². The molecule has 0 aliphatic carbocycles. The summed E-state index contributed by atoms with van der Waals surface area (Å²) in [7, 11) is 1.83. The summed E-state index contributed by atoms with van der Waals surface area (Å²) in [6.07, 6.45) is 3.97. The number of pyridine rings is 2. The van der Waals surface area contributed by atoms with Crippen molar-refractivity contribution in [1.29, 1.82) is 0 Å². The first-order chi connectivity index (χ1) is 12.8. The van der Waals surface area contributed by atoms with Gasteiger partial charge in [0.05, 0.1) is 23.2 Å². The molecule has 4 nitrogen and oxygen atoms in total. The zero-order chi connectivity index (χ0) is 19.7. The molecule has 27 heavy (non-hydrogen) atoms. The van der Waals surface area contributed by atoms with E-state index < -0.39 is 0 Å². The number of hydrogen-bond donors (Lipinski definition) is 0. The third-order valence-corrected chi connectivity index (χ3v) is 5.24. The first-order valence-corrected chi connectivity index (χ1v) is 9.86. The van der Waals surface area contributed by atoms with E-state index in [0.717, 1.165) is 40.6 Å². The van der Waals surface area contributed by atoms with Gasteiger partial charge < -0.3 is 9.30 Å². The minimum absolute atomic E-state index is 0.00819. The maximum absolute atomic E-state index is 12.9. The smallest absolute Gasteiger partial charge is 0.260 e. The third kappa shape index (κ3) is 3.71. The van der Waals surface area contributed by atoms with E-state index in [1.54, 1.807) is 10.8 Å². The first kappa shape index (κ1) is 19.4. The Hall–Kier alpha value is -2.36. The average Bonchev–Trinajstić information content (AvgIpc) is 2.62. The molecule has 0 bridgehead atoms. The molecule has 3 aromatic rings. The number of aromatic nitrogens is 2. The van der Waals surface area contributed by atoms with Crippen molar-refractivity contribution in [2.24, 2.45) is 13.0 Å². The van der Waals surface area contributed by atoms with Gasteiger partial charge in [0.1, 0.15) is 5.75 Å². The number of fused-ring (bicyclic) bond motifs is 3. The molecule has 4 heteroatoms. The highest BCUT2D eigenvalue weighted by Crippen LogP contribution is 2.34. The van der Waals surface area contributed by atoms with Crippen molar-refractivity contribution in [3.63, 3.8) is 0 Å². The predicted octanol–water partition coefficient (Wildman–Crippen LogP) is 5.33. The van der Waals surface area contributed by atoms with Crippen molar-refractivity contribution in [1.82, 2.24) is 9.55 Å². The largest absolute Gasteiger partial charge is 0.493 e. The summed E-state index contributed by atoms with van der Waals surface area (Å²) in [5.41, 5.74) is 2.85. The maximum atomic E-state index is 12.9. The van der Waals surface area contributed by atoms with Crippen molar-refractivity contribution in [3.8, 4) is 5.75 Å². The minimum atomic E-state index is -0.00819. The fourth-order valence-electron chi connectivity index (χ4n) is 3.67. The summed E-state index contributed by atoms with van der Waals surface area (Å²) in [5.74, 6) is 1.91. The van der Waals surface area contributed by atoms with Gasteiger partial charge in [-0.25, -0.2) is 0 Å². The highest BCUT2D eigenvalue weighted by atomic mass is 16.5. The molecule has 0 spiro atoms. The van der Waals surface area contributed by atoms with E-state index in [0.29, 0.717) is 23.8 Å². The molecule has 0 N–H and O–H groups in total. The SMILES string of the molecule is Cc1nccc2c1c(=O)n(C)c1cc(OCCCC(C)C)c(C(C)C)cc21. The first-order valence-electron chi connectivity index (χ1n) is 9.86. The molecule has 0 aliphatic heterocycles. The molecule has 0 radical (unpaired) electrons. The molecule has 0 unspecified atom stereocenters. The van der Waals surface area contributed by atoms with Gasteiger partial charge in [0.25, 0.3) is 5.56 Å². The number of aryl methyl sites for hydroxylation is 2. The third-order valence-electron chi connectivity index (χ3n) is 5.24. The Bertz CT molecular complexity index is 1030. The number of nitrogens with zero attached hydrogens (tertiary/aromatic N) is 2. The topological polar surface area (TPSA) is 44.1 Å². The second-order valence-corrected chi connectivity index (χ2v) is 8.13. The Morgan fingerprint density at radius 3 is 2.56 bits per heavy atom. The summed E-state index contributed by atoms with van der Waals surface area (Å²) < 4.78 is 7.88. The molecule has 0 aliphatic rings. The maximum Gasteiger partial charge on any atom is 0.260 e. The molecule has 2 aromatic heterocycles. The highest BCUT2D eigenvalue weighted by Gasteiger charge is 2.16. The summed E-state index contributed by atoms with van der Waals surface area (Å²) in [4.78, 5) is 17.2. The lowest BCUT2D eigenvalue weighted by Crippen LogP contribution is -2.19. The van der Waals surface area contributed by atoms with E-state index in [1.165, 1.54) is 5.56 Å². The Labute approximate surface area is 161 Å². The molecule has 0 saturated carbocycles. The molecular weight excluding hydrogens is 336 g/mol. The van der Waals surface area contributed by atoms with Crippen LogP contribution in [0.5, 0.6) is 5.75 Å². The van der Waals surface area contributed by atoms with Gasteiger partial charge in [-0.1, -0.05) is 27.7 Å². The van der Waals surface area contributed by atoms with E-state index in [-0.39, 0.29) is 5.56 Å². The molecular formula is C23H30N2O2. The lowest BCUT2D eigenvalue weighted by Gasteiger charge is -2.18. The summed E-state index contributed by atoms with van der Waals surface area (Å²) >= 11 is 0. The van der Waals surface area contributed by atoms with E-state index in [2.05, 4.69) is 38.7 Å². The Morgan fingerprint density at radius 2 is 1.89 bits per heavy atom. The number of benzene rings is 1. The van der Waals surface area contributed by atoms with Gasteiger partial charge in [0, 0.05) is 24.7 Å². The zero-order valence-corrected chi connectivity index (χ0v) is 17.3. The van der Waals surface area contributed by atoms with Crippen LogP contribution in [0.3, 0.4) is 0 Å². The number of rotatable bonds is 6. The lowest BCUT2D eigenvalue weighted by atomic mass is 9.97. The van der Waals surface area contributed by atoms with Crippen molar-refractivity contribution in [3.05, 3.63) is 46.0 Å². The zero-order valence-electron chi connectivity index (χ0n) is 17.3. The Kier molecular flexibility index (Phi) is 5.54. The second kappa shape index (κ2) is 7.71. The van der Waals surface area contributed by atoms with Gasteiger partial charge >= 0.3 is 0 Å². The van der Waals surface area contributed by atoms with Crippen molar-refractivity contribution in [2.45, 2.75) is 53.4 Å². The molecule has 0 saturated heterocycles. The van der Waals surface area contributed by atoms with Gasteiger partial charge in [0.15, 0.2) is 0 Å². The summed E-state index contributed by atoms with van der Waals surface area (Å²) in [6.45, 7) is 11.4. The van der Waals surface area contributed by atoms with Crippen LogP contribution in [-0.4, -0.2) is 16.2 Å². The predicted molar refractivity (Wildman–Crippen MR) is 113 cm³/mol. The molecule has 2 heterocycles. The van der Waals surface area contributed by atoms with E-state index in [4.69, 9.17) is 4.74 Å². The summed E-state index contributed by atoms with van der Waals surface area (Å²) in [5, 5.41) is 2.75. The van der Waals surface area contributed by atoms with Crippen LogP contribution in [0.2, 0.25) is 0 Å². The van der Waals surface area contributed by atoms with E-state index >= 15 is 0 Å². The van der Waals surface area contributed by atoms with Crippen LogP contribution in [0.25, 0.3) is 21.7 Å². The number of ether oxygens (including phenoxy) is 1. The van der Waals surface area contributed by atoms with Gasteiger partial charge in [0.2, 0.25) is 0 Å². The van der Waals surface area contributed by atoms with Crippen LogP contribution in [0.4, 0.5) is 0 Å². The van der Waals surface area contributed by atoms with Gasteiger partial charge in [-0.3, -0.25) is 9.78 Å². The molecule has 0 fully saturated rings. The quantitative estimate of drug-likeness (QED) is 0.437. The van der Waals surface area contributed by atoms with Crippen LogP contribution in [-0.2, 0) is 7.05 Å². The summed E-state index contributed by atoms with van der Waals surface area (Å²) in [6, 6.07) is 6.18. The van der Waals surface area contributed by atoms with Gasteiger partial charge in [-0.05, 0) is 54.7 Å². The average molecular weight is 367 g/mol. The molecule has 0 atom stereocenters. The molecule has 3 rings (SSSR count). The van der Waals surface area contributed by atoms with Crippen LogP contribution < -0.4 is 10.3 Å². The Balaban J connectivity index is 2.18. The fraction of sp³-hybridized carbons (Fsp3) is 0.478. The lowest BCUT2D eigenvalue weighted by molar-refractivity contribution is 0.294. The molecule has 144 valence electrons. The van der Waals surface area contributed by atoms with Gasteiger partial charge in [-0.15, -0.1) is 0 Å². The van der Waals surface area contributed by atoms with E-state index in [9.17, 15) is 4.79 Å². The minimum Gasteiger partial charge on any atom is -0.493 e. The van der Waals surface area contributed by atoms with Crippen molar-refractivity contribution >= 4 is 21.7 Å². The standard InChI is InChI=1S/C23H30N2O2/c1-14(2)8-7-11-27-21-13-20-19(12-18(21)15(3)4)17-9-10-24-16(5)22(17)23(26)25(20)6/h9-10,12-15H,7-8,11H2,1-6H3. The second-order valence-electron chi connectivity index (χ2n) is 8.13. The Morgan fingerprint density at radius 1 is 1.15 bits per heavy atom. The molecule has 1 aromatic carbocycles. The number of hydrogen-bond acceptors (Lipinski definition) is 3. The van der Waals surface area contributed by atoms with Gasteiger partial charge in [-0.2, -0.15) is 0 Å². The normalized spacial score (nSPS) is 11.9. The highest BCUT2D eigenvalue weighted by molar-refractivity contribution is 6.06. The fourth-order valence-corrected chi connectivity index (χ4v) is 3.67. The molecule has 0 amide bonds. The monoisotopic (exact) mass is 366 g/mol. The van der Waals surface area contributed by atoms with Crippen molar-refractivity contribution < 1.29 is 4.74 Å². The van der Waals surface area contributed by atoms with Crippen molar-refractivity contribution in [2.75, 3.05) is 6.61 Å². The van der Waals surface area contributed by atoms with Crippen LogP contribution in [0, 0.1) is 12.8 Å². The van der Waals surface area contributed by atoms with Crippen LogP contribution in [0.1, 0.15) is 57.7 Å². The van der Waals surface area contributed by atoms with Crippen LogP contribution >= 0.6 is 0 Å². The van der Waals surface area contributed by atoms with Crippen LogP contribution in [0.15, 0.2) is 29.2 Å².